The second-order valence-electron chi connectivity index (χ2n) is 3.06. The normalized spacial score (nSPS) is 14.2. The van der Waals surface area contributed by atoms with Crippen molar-refractivity contribution in [3.8, 4) is 0 Å². The fraction of sp³-hybridized carbons (Fsp3) is 0.875. The lowest BCUT2D eigenvalue weighted by molar-refractivity contribution is -0.140. The molecule has 0 amide bonds. The van der Waals surface area contributed by atoms with Crippen LogP contribution in [0.3, 0.4) is 0 Å². The third-order valence-electron chi connectivity index (χ3n) is 1.89. The topological polar surface area (TPSA) is 60.4 Å². The van der Waals surface area contributed by atoms with Gasteiger partial charge in [-0.2, -0.15) is 0 Å². The maximum Gasteiger partial charge on any atom is 0.324 e. The molecule has 0 heterocycles. The van der Waals surface area contributed by atoms with E-state index in [1.807, 2.05) is 0 Å². The van der Waals surface area contributed by atoms with Crippen LogP contribution in [0.1, 0.15) is 27.2 Å². The summed E-state index contributed by atoms with van der Waals surface area (Å²) in [6.45, 7) is 4.77. The average molecular weight is 208 g/mol. The predicted molar refractivity (Wildman–Crippen MR) is 50.2 cm³/mol. The monoisotopic (exact) mass is 208 g/mol. The Morgan fingerprint density at radius 1 is 1.38 bits per heavy atom. The number of esters is 1. The molecule has 0 aliphatic rings. The molecule has 0 N–H and O–H groups in total. The van der Waals surface area contributed by atoms with Gasteiger partial charge in [-0.05, 0) is 20.3 Å². The summed E-state index contributed by atoms with van der Waals surface area (Å²) in [5.41, 5.74) is 0. The second kappa shape index (κ2) is 4.60. The molecule has 0 radical (unpaired) electrons. The minimum atomic E-state index is -3.37. The lowest BCUT2D eigenvalue weighted by atomic mass is 10.3. The van der Waals surface area contributed by atoms with Crippen molar-refractivity contribution >= 4 is 15.8 Å². The Labute approximate surface area is 79.2 Å². The summed E-state index contributed by atoms with van der Waals surface area (Å²) in [6.07, 6.45) is 0.257. The number of hydrogen-bond acceptors (Lipinski definition) is 4. The Hall–Kier alpha value is -0.580. The minimum absolute atomic E-state index is 0.257. The molecule has 0 aromatic heterocycles. The molecule has 13 heavy (non-hydrogen) atoms. The van der Waals surface area contributed by atoms with Crippen molar-refractivity contribution in [3.05, 3.63) is 0 Å². The van der Waals surface area contributed by atoms with Gasteiger partial charge in [0.2, 0.25) is 0 Å². The van der Waals surface area contributed by atoms with Gasteiger partial charge in [-0.15, -0.1) is 0 Å². The first-order valence-corrected chi connectivity index (χ1v) is 5.79. The zero-order valence-electron chi connectivity index (χ0n) is 8.40. The summed E-state index contributed by atoms with van der Waals surface area (Å²) < 4.78 is 27.5. The van der Waals surface area contributed by atoms with Gasteiger partial charge in [0.05, 0.1) is 12.4 Å². The molecule has 78 valence electrons. The maximum absolute atomic E-state index is 11.6. The molecule has 0 fully saturated rings. The SMILES string of the molecule is CCC(C(=O)OC)S(=O)(=O)C(C)C. The lowest BCUT2D eigenvalue weighted by Crippen LogP contribution is -2.35. The molecule has 1 unspecified atom stereocenters. The highest BCUT2D eigenvalue weighted by Gasteiger charge is 2.33. The van der Waals surface area contributed by atoms with Crippen LogP contribution >= 0.6 is 0 Å². The van der Waals surface area contributed by atoms with Crippen molar-refractivity contribution in [2.45, 2.75) is 37.7 Å². The fourth-order valence-corrected chi connectivity index (χ4v) is 2.48. The summed E-state index contributed by atoms with van der Waals surface area (Å²) in [5.74, 6) is -0.670. The average Bonchev–Trinajstić information content (AvgIpc) is 2.04. The molecule has 0 aromatic rings. The van der Waals surface area contributed by atoms with Gasteiger partial charge in [-0.25, -0.2) is 8.42 Å². The van der Waals surface area contributed by atoms with Gasteiger partial charge < -0.3 is 4.74 Å². The third-order valence-corrected chi connectivity index (χ3v) is 4.52. The van der Waals surface area contributed by atoms with Crippen LogP contribution in [0.2, 0.25) is 0 Å². The standard InChI is InChI=1S/C8H16O4S/c1-5-7(8(9)12-4)13(10,11)6(2)3/h6-7H,5H2,1-4H3. The van der Waals surface area contributed by atoms with Crippen molar-refractivity contribution < 1.29 is 17.9 Å². The van der Waals surface area contributed by atoms with Gasteiger partial charge in [0.1, 0.15) is 0 Å². The molecule has 0 rings (SSSR count). The van der Waals surface area contributed by atoms with Gasteiger partial charge in [0.25, 0.3) is 0 Å². The molecular formula is C8H16O4S. The summed E-state index contributed by atoms with van der Waals surface area (Å²) in [6, 6.07) is 0. The first-order valence-electron chi connectivity index (χ1n) is 4.18. The van der Waals surface area contributed by atoms with Gasteiger partial charge in [0, 0.05) is 0 Å². The first-order chi connectivity index (χ1) is 5.87. The highest BCUT2D eigenvalue weighted by atomic mass is 32.2. The quantitative estimate of drug-likeness (QED) is 0.640. The van der Waals surface area contributed by atoms with E-state index in [0.717, 1.165) is 0 Å². The zero-order chi connectivity index (χ0) is 10.6. The van der Waals surface area contributed by atoms with Crippen LogP contribution < -0.4 is 0 Å². The smallest absolute Gasteiger partial charge is 0.324 e. The van der Waals surface area contributed by atoms with Crippen LogP contribution in [-0.2, 0) is 19.4 Å². The van der Waals surface area contributed by atoms with Crippen molar-refractivity contribution in [1.29, 1.82) is 0 Å². The summed E-state index contributed by atoms with van der Waals surface area (Å²) in [5, 5.41) is -1.56. The van der Waals surface area contributed by atoms with E-state index in [9.17, 15) is 13.2 Å². The van der Waals surface area contributed by atoms with E-state index in [1.54, 1.807) is 20.8 Å². The van der Waals surface area contributed by atoms with E-state index in [2.05, 4.69) is 4.74 Å². The van der Waals surface area contributed by atoms with E-state index >= 15 is 0 Å². The molecule has 0 aromatic carbocycles. The number of carbonyl (C=O) groups is 1. The van der Waals surface area contributed by atoms with Crippen LogP contribution in [-0.4, -0.2) is 32.0 Å². The predicted octanol–water partition coefficient (Wildman–Crippen LogP) is 0.761. The molecule has 0 bridgehead atoms. The van der Waals surface area contributed by atoms with Crippen LogP contribution in [0, 0.1) is 0 Å². The highest BCUT2D eigenvalue weighted by molar-refractivity contribution is 7.93. The number of hydrogen-bond donors (Lipinski definition) is 0. The maximum atomic E-state index is 11.6. The Morgan fingerprint density at radius 3 is 2.08 bits per heavy atom. The number of carbonyl (C=O) groups excluding carboxylic acids is 1. The fourth-order valence-electron chi connectivity index (χ4n) is 0.993. The van der Waals surface area contributed by atoms with E-state index in [-0.39, 0.29) is 6.42 Å². The number of rotatable bonds is 4. The van der Waals surface area contributed by atoms with Crippen molar-refractivity contribution in [2.75, 3.05) is 7.11 Å². The van der Waals surface area contributed by atoms with Gasteiger partial charge >= 0.3 is 5.97 Å². The molecule has 0 aliphatic heterocycles. The number of sulfone groups is 1. The van der Waals surface area contributed by atoms with Crippen LogP contribution in [0.25, 0.3) is 0 Å². The van der Waals surface area contributed by atoms with Gasteiger partial charge in [-0.3, -0.25) is 4.79 Å². The Bertz CT molecular complexity index is 266. The summed E-state index contributed by atoms with van der Waals surface area (Å²) >= 11 is 0. The molecular weight excluding hydrogens is 192 g/mol. The summed E-state index contributed by atoms with van der Waals surface area (Å²) in [4.78, 5) is 11.1. The number of methoxy groups -OCH3 is 1. The highest BCUT2D eigenvalue weighted by Crippen LogP contribution is 2.13. The Balaban J connectivity index is 4.89. The molecule has 0 aliphatic carbocycles. The van der Waals surface area contributed by atoms with Crippen molar-refractivity contribution in [2.24, 2.45) is 0 Å². The number of ether oxygens (including phenoxy) is 1. The molecule has 5 heteroatoms. The molecule has 0 spiro atoms. The molecule has 0 saturated carbocycles. The second-order valence-corrected chi connectivity index (χ2v) is 5.75. The van der Waals surface area contributed by atoms with E-state index in [0.29, 0.717) is 0 Å². The molecule has 0 saturated heterocycles. The molecule has 1 atom stereocenters. The van der Waals surface area contributed by atoms with Crippen molar-refractivity contribution in [1.82, 2.24) is 0 Å². The lowest BCUT2D eigenvalue weighted by Gasteiger charge is -2.15. The Kier molecular flexibility index (Phi) is 4.39. The van der Waals surface area contributed by atoms with Crippen molar-refractivity contribution in [3.63, 3.8) is 0 Å². The summed E-state index contributed by atoms with van der Waals surface area (Å²) in [7, 11) is -2.18. The largest absolute Gasteiger partial charge is 0.468 e. The zero-order valence-corrected chi connectivity index (χ0v) is 9.22. The Morgan fingerprint density at radius 2 is 1.85 bits per heavy atom. The van der Waals surface area contributed by atoms with E-state index in [4.69, 9.17) is 0 Å². The minimum Gasteiger partial charge on any atom is -0.468 e. The van der Waals surface area contributed by atoms with Crippen LogP contribution in [0.15, 0.2) is 0 Å². The van der Waals surface area contributed by atoms with E-state index in [1.165, 1.54) is 7.11 Å². The van der Waals surface area contributed by atoms with Crippen LogP contribution in [0.5, 0.6) is 0 Å². The first kappa shape index (κ1) is 12.4. The van der Waals surface area contributed by atoms with Gasteiger partial charge in [-0.1, -0.05) is 6.92 Å². The molecule has 4 nitrogen and oxygen atoms in total. The van der Waals surface area contributed by atoms with Gasteiger partial charge in [0.15, 0.2) is 15.1 Å². The third kappa shape index (κ3) is 2.69. The van der Waals surface area contributed by atoms with Crippen LogP contribution in [0.4, 0.5) is 0 Å². The van der Waals surface area contributed by atoms with E-state index < -0.39 is 26.3 Å².